The number of nitrogens with one attached hydrogen (secondary N) is 1. The van der Waals surface area contributed by atoms with Crippen LogP contribution in [-0.2, 0) is 14.8 Å². The summed E-state index contributed by atoms with van der Waals surface area (Å²) >= 11 is 0. The quantitative estimate of drug-likeness (QED) is 0.835. The highest BCUT2D eigenvalue weighted by atomic mass is 32.2. The molecule has 0 radical (unpaired) electrons. The fourth-order valence-electron chi connectivity index (χ4n) is 4.06. The molecule has 1 aromatic carbocycles. The van der Waals surface area contributed by atoms with Gasteiger partial charge >= 0.3 is 0 Å². The van der Waals surface area contributed by atoms with Crippen molar-refractivity contribution in [1.29, 1.82) is 0 Å². The lowest BCUT2D eigenvalue weighted by molar-refractivity contribution is -0.117. The number of nitrogens with zero attached hydrogens (tertiary/aromatic N) is 2. The number of rotatable bonds is 5. The van der Waals surface area contributed by atoms with Gasteiger partial charge in [-0.3, -0.25) is 9.69 Å². The second-order valence-electron chi connectivity index (χ2n) is 8.17. The van der Waals surface area contributed by atoms with Gasteiger partial charge in [0.05, 0.1) is 11.4 Å². The Kier molecular flexibility index (Phi) is 6.55. The summed E-state index contributed by atoms with van der Waals surface area (Å²) in [7, 11) is -3.46. The van der Waals surface area contributed by atoms with E-state index in [0.29, 0.717) is 42.1 Å². The van der Waals surface area contributed by atoms with Crippen LogP contribution in [0.3, 0.4) is 0 Å². The molecular formula is C20H31N3O3S. The van der Waals surface area contributed by atoms with Gasteiger partial charge in [-0.15, -0.1) is 0 Å². The third kappa shape index (κ3) is 5.30. The fourth-order valence-corrected chi connectivity index (χ4v) is 5.66. The van der Waals surface area contributed by atoms with Crippen LogP contribution >= 0.6 is 0 Å². The average molecular weight is 394 g/mol. The molecule has 6 nitrogen and oxygen atoms in total. The Bertz CT molecular complexity index is 748. The highest BCUT2D eigenvalue weighted by Crippen LogP contribution is 2.24. The van der Waals surface area contributed by atoms with Gasteiger partial charge in [0.25, 0.3) is 0 Å². The predicted octanol–water partition coefficient (Wildman–Crippen LogP) is 2.78. The van der Waals surface area contributed by atoms with E-state index in [1.165, 1.54) is 6.42 Å². The van der Waals surface area contributed by atoms with E-state index in [4.69, 9.17) is 0 Å². The predicted molar refractivity (Wildman–Crippen MR) is 107 cm³/mol. The molecule has 1 aromatic rings. The van der Waals surface area contributed by atoms with Gasteiger partial charge in [0.2, 0.25) is 15.9 Å². The van der Waals surface area contributed by atoms with Crippen LogP contribution in [0.15, 0.2) is 29.2 Å². The maximum atomic E-state index is 12.8. The summed E-state index contributed by atoms with van der Waals surface area (Å²) < 4.78 is 27.2. The number of carbonyl (C=O) groups is 1. The van der Waals surface area contributed by atoms with E-state index in [1.807, 2.05) is 0 Å². The van der Waals surface area contributed by atoms with Crippen LogP contribution in [0.5, 0.6) is 0 Å². The van der Waals surface area contributed by atoms with Crippen molar-refractivity contribution in [3.8, 4) is 0 Å². The van der Waals surface area contributed by atoms with Crippen LogP contribution in [-0.4, -0.2) is 56.3 Å². The molecule has 0 bridgehead atoms. The Morgan fingerprint density at radius 2 is 1.67 bits per heavy atom. The Morgan fingerprint density at radius 1 is 1.04 bits per heavy atom. The van der Waals surface area contributed by atoms with Gasteiger partial charge in [0.1, 0.15) is 0 Å². The Balaban J connectivity index is 1.58. The first kappa shape index (κ1) is 20.3. The summed E-state index contributed by atoms with van der Waals surface area (Å²) in [5.41, 5.74) is 0.635. The third-order valence-corrected chi connectivity index (χ3v) is 7.38. The zero-order valence-electron chi connectivity index (χ0n) is 16.4. The number of amides is 1. The number of benzene rings is 1. The second kappa shape index (κ2) is 8.71. The monoisotopic (exact) mass is 393 g/mol. The molecule has 2 fully saturated rings. The Labute approximate surface area is 163 Å². The largest absolute Gasteiger partial charge is 0.325 e. The summed E-state index contributed by atoms with van der Waals surface area (Å²) in [6.07, 6.45) is 4.34. The molecule has 2 unspecified atom stereocenters. The number of hydrogen-bond acceptors (Lipinski definition) is 4. The summed E-state index contributed by atoms with van der Waals surface area (Å²) in [6, 6.07) is 6.54. The molecule has 2 heterocycles. The molecule has 0 aromatic heterocycles. The van der Waals surface area contributed by atoms with E-state index in [0.717, 1.165) is 32.4 Å². The van der Waals surface area contributed by atoms with Gasteiger partial charge in [-0.25, -0.2) is 8.42 Å². The number of hydrogen-bond donors (Lipinski definition) is 1. The number of piperidine rings is 2. The summed E-state index contributed by atoms with van der Waals surface area (Å²) in [6.45, 7) is 7.77. The minimum absolute atomic E-state index is 0.0513. The SMILES string of the molecule is CC1CCCN(CC(=O)Nc2ccc(S(=O)(=O)N3CCCC(C)C3)cc2)C1. The second-order valence-corrected chi connectivity index (χ2v) is 10.1. The van der Waals surface area contributed by atoms with Crippen molar-refractivity contribution in [2.45, 2.75) is 44.4 Å². The van der Waals surface area contributed by atoms with Crippen molar-refractivity contribution in [3.05, 3.63) is 24.3 Å². The number of likely N-dealkylation sites (tertiary alicyclic amines) is 1. The molecule has 2 saturated heterocycles. The lowest BCUT2D eigenvalue weighted by atomic mass is 10.0. The van der Waals surface area contributed by atoms with Crippen molar-refractivity contribution in [1.82, 2.24) is 9.21 Å². The van der Waals surface area contributed by atoms with Crippen LogP contribution in [0, 0.1) is 11.8 Å². The smallest absolute Gasteiger partial charge is 0.243 e. The maximum Gasteiger partial charge on any atom is 0.243 e. The van der Waals surface area contributed by atoms with Crippen molar-refractivity contribution in [2.75, 3.05) is 38.0 Å². The molecule has 1 N–H and O–H groups in total. The average Bonchev–Trinajstić information content (AvgIpc) is 2.62. The van der Waals surface area contributed by atoms with Crippen LogP contribution in [0.4, 0.5) is 5.69 Å². The molecule has 7 heteroatoms. The third-order valence-electron chi connectivity index (χ3n) is 5.50. The first-order valence-electron chi connectivity index (χ1n) is 9.97. The highest BCUT2D eigenvalue weighted by Gasteiger charge is 2.28. The minimum atomic E-state index is -3.46. The molecule has 2 aliphatic rings. The molecule has 27 heavy (non-hydrogen) atoms. The van der Waals surface area contributed by atoms with E-state index in [9.17, 15) is 13.2 Å². The summed E-state index contributed by atoms with van der Waals surface area (Å²) in [5.74, 6) is 0.975. The molecule has 1 amide bonds. The first-order chi connectivity index (χ1) is 12.8. The molecule has 0 aliphatic carbocycles. The van der Waals surface area contributed by atoms with E-state index in [1.54, 1.807) is 28.6 Å². The number of anilines is 1. The summed E-state index contributed by atoms with van der Waals surface area (Å²) in [4.78, 5) is 14.7. The minimum Gasteiger partial charge on any atom is -0.325 e. The van der Waals surface area contributed by atoms with E-state index in [-0.39, 0.29) is 5.91 Å². The zero-order chi connectivity index (χ0) is 19.4. The lowest BCUT2D eigenvalue weighted by Gasteiger charge is -2.30. The zero-order valence-corrected chi connectivity index (χ0v) is 17.2. The van der Waals surface area contributed by atoms with Crippen molar-refractivity contribution < 1.29 is 13.2 Å². The highest BCUT2D eigenvalue weighted by molar-refractivity contribution is 7.89. The van der Waals surface area contributed by atoms with Crippen LogP contribution < -0.4 is 5.32 Å². The van der Waals surface area contributed by atoms with Crippen LogP contribution in [0.2, 0.25) is 0 Å². The molecule has 0 saturated carbocycles. The van der Waals surface area contributed by atoms with Gasteiger partial charge in [-0.1, -0.05) is 13.8 Å². The van der Waals surface area contributed by atoms with Gasteiger partial charge in [-0.05, 0) is 68.3 Å². The molecule has 3 rings (SSSR count). The molecular weight excluding hydrogens is 362 g/mol. The van der Waals surface area contributed by atoms with E-state index < -0.39 is 10.0 Å². The Hall–Kier alpha value is -1.44. The van der Waals surface area contributed by atoms with E-state index >= 15 is 0 Å². The Morgan fingerprint density at radius 3 is 2.30 bits per heavy atom. The number of sulfonamides is 1. The molecule has 150 valence electrons. The van der Waals surface area contributed by atoms with Gasteiger partial charge < -0.3 is 5.32 Å². The van der Waals surface area contributed by atoms with Gasteiger partial charge in [-0.2, -0.15) is 4.31 Å². The first-order valence-corrected chi connectivity index (χ1v) is 11.4. The molecule has 2 aliphatic heterocycles. The van der Waals surface area contributed by atoms with Gasteiger partial charge in [0.15, 0.2) is 0 Å². The van der Waals surface area contributed by atoms with Crippen molar-refractivity contribution >= 4 is 21.6 Å². The lowest BCUT2D eigenvalue weighted by Crippen LogP contribution is -2.39. The molecule has 0 spiro atoms. The van der Waals surface area contributed by atoms with Crippen molar-refractivity contribution in [3.63, 3.8) is 0 Å². The summed E-state index contributed by atoms with van der Waals surface area (Å²) in [5, 5.41) is 2.88. The van der Waals surface area contributed by atoms with E-state index in [2.05, 4.69) is 24.1 Å². The van der Waals surface area contributed by atoms with Gasteiger partial charge in [0, 0.05) is 25.3 Å². The van der Waals surface area contributed by atoms with Crippen LogP contribution in [0.1, 0.15) is 39.5 Å². The molecule has 2 atom stereocenters. The topological polar surface area (TPSA) is 69.7 Å². The van der Waals surface area contributed by atoms with Crippen molar-refractivity contribution in [2.24, 2.45) is 11.8 Å². The fraction of sp³-hybridized carbons (Fsp3) is 0.650. The number of carbonyl (C=O) groups excluding carboxylic acids is 1. The standard InChI is InChI=1S/C20H31N3O3S/c1-16-5-3-11-22(13-16)15-20(24)21-18-7-9-19(10-8-18)27(25,26)23-12-4-6-17(2)14-23/h7-10,16-17H,3-6,11-15H2,1-2H3,(H,21,24). The van der Waals surface area contributed by atoms with Crippen LogP contribution in [0.25, 0.3) is 0 Å². The normalized spacial score (nSPS) is 25.3. The maximum absolute atomic E-state index is 12.8.